The van der Waals surface area contributed by atoms with Crippen molar-refractivity contribution in [3.63, 3.8) is 0 Å². The number of piperazine rings is 1. The summed E-state index contributed by atoms with van der Waals surface area (Å²) in [6, 6.07) is 7.30. The van der Waals surface area contributed by atoms with Gasteiger partial charge in [-0.25, -0.2) is 8.42 Å². The molecule has 1 aromatic carbocycles. The number of methoxy groups -OCH3 is 1. The van der Waals surface area contributed by atoms with Gasteiger partial charge in [-0.1, -0.05) is 19.8 Å². The molecule has 1 heterocycles. The van der Waals surface area contributed by atoms with Crippen molar-refractivity contribution in [2.45, 2.75) is 43.5 Å². The molecule has 1 aromatic rings. The Hall–Kier alpha value is -1.11. The predicted octanol–water partition coefficient (Wildman–Crippen LogP) is 2.58. The van der Waals surface area contributed by atoms with Gasteiger partial charge in [-0.2, -0.15) is 4.31 Å². The van der Waals surface area contributed by atoms with Crippen LogP contribution < -0.4 is 4.74 Å². The zero-order chi connectivity index (χ0) is 17.2. The Bertz CT molecular complexity index is 637. The molecule has 1 saturated carbocycles. The number of nitrogens with zero attached hydrogens (tertiary/aromatic N) is 2. The number of sulfonamides is 1. The maximum Gasteiger partial charge on any atom is 0.243 e. The fraction of sp³-hybridized carbons (Fsp3) is 0.667. The monoisotopic (exact) mass is 352 g/mol. The highest BCUT2D eigenvalue weighted by molar-refractivity contribution is 7.89. The first kappa shape index (κ1) is 17.7. The minimum atomic E-state index is -3.40. The van der Waals surface area contributed by atoms with Gasteiger partial charge in [0.05, 0.1) is 12.0 Å². The van der Waals surface area contributed by atoms with Gasteiger partial charge in [0.1, 0.15) is 5.75 Å². The fourth-order valence-corrected chi connectivity index (χ4v) is 5.36. The summed E-state index contributed by atoms with van der Waals surface area (Å²) in [4.78, 5) is 2.85. The summed E-state index contributed by atoms with van der Waals surface area (Å²) >= 11 is 0. The van der Waals surface area contributed by atoms with E-state index in [4.69, 9.17) is 4.74 Å². The van der Waals surface area contributed by atoms with Gasteiger partial charge in [0, 0.05) is 32.2 Å². The summed E-state index contributed by atoms with van der Waals surface area (Å²) in [5.74, 6) is 1.47. The van der Waals surface area contributed by atoms with Gasteiger partial charge < -0.3 is 4.74 Å². The van der Waals surface area contributed by atoms with E-state index in [1.54, 1.807) is 35.7 Å². The molecule has 0 aromatic heterocycles. The van der Waals surface area contributed by atoms with Crippen LogP contribution in [0.1, 0.15) is 32.6 Å². The van der Waals surface area contributed by atoms with E-state index in [1.165, 1.54) is 25.7 Å². The third-order valence-corrected chi connectivity index (χ3v) is 7.31. The van der Waals surface area contributed by atoms with Crippen molar-refractivity contribution in [1.29, 1.82) is 0 Å². The van der Waals surface area contributed by atoms with Gasteiger partial charge in [0.25, 0.3) is 0 Å². The standard InChI is InChI=1S/C18H28N2O3S/c1-15-4-3-5-16(14-15)19-10-12-20(13-11-19)24(21,22)18-8-6-17(23-2)7-9-18/h6-9,15-16H,3-5,10-14H2,1-2H3/t15-,16+/m0/s1. The average molecular weight is 353 g/mol. The van der Waals surface area contributed by atoms with E-state index in [0.717, 1.165) is 19.0 Å². The number of benzene rings is 1. The molecule has 0 spiro atoms. The Balaban J connectivity index is 1.62. The number of hydrogen-bond donors (Lipinski definition) is 0. The average Bonchev–Trinajstić information content (AvgIpc) is 2.62. The molecule has 2 atom stereocenters. The van der Waals surface area contributed by atoms with E-state index in [0.29, 0.717) is 29.8 Å². The van der Waals surface area contributed by atoms with Crippen LogP contribution in [0.2, 0.25) is 0 Å². The normalized spacial score (nSPS) is 27.1. The lowest BCUT2D eigenvalue weighted by molar-refractivity contribution is 0.0967. The first-order chi connectivity index (χ1) is 11.5. The first-order valence-corrected chi connectivity index (χ1v) is 10.3. The quantitative estimate of drug-likeness (QED) is 0.836. The van der Waals surface area contributed by atoms with Crippen molar-refractivity contribution in [2.24, 2.45) is 5.92 Å². The Morgan fingerprint density at radius 3 is 2.29 bits per heavy atom. The van der Waals surface area contributed by atoms with Crippen molar-refractivity contribution in [3.05, 3.63) is 24.3 Å². The van der Waals surface area contributed by atoms with Crippen molar-refractivity contribution >= 4 is 10.0 Å². The lowest BCUT2D eigenvalue weighted by atomic mass is 9.86. The largest absolute Gasteiger partial charge is 0.497 e. The van der Waals surface area contributed by atoms with E-state index in [2.05, 4.69) is 11.8 Å². The zero-order valence-electron chi connectivity index (χ0n) is 14.6. The molecule has 2 fully saturated rings. The molecule has 134 valence electrons. The minimum absolute atomic E-state index is 0.350. The fourth-order valence-electron chi connectivity index (χ4n) is 3.94. The van der Waals surface area contributed by atoms with Crippen LogP contribution in [0.25, 0.3) is 0 Å². The molecule has 5 nitrogen and oxygen atoms in total. The molecular weight excluding hydrogens is 324 g/mol. The lowest BCUT2D eigenvalue weighted by Gasteiger charge is -2.41. The van der Waals surface area contributed by atoms with Crippen LogP contribution in [0.4, 0.5) is 0 Å². The topological polar surface area (TPSA) is 49.9 Å². The Morgan fingerprint density at radius 1 is 1.04 bits per heavy atom. The molecule has 0 radical (unpaired) electrons. The van der Waals surface area contributed by atoms with Gasteiger partial charge in [0.15, 0.2) is 0 Å². The number of rotatable bonds is 4. The van der Waals surface area contributed by atoms with E-state index in [9.17, 15) is 8.42 Å². The van der Waals surface area contributed by atoms with Crippen LogP contribution >= 0.6 is 0 Å². The molecule has 2 aliphatic rings. The van der Waals surface area contributed by atoms with E-state index >= 15 is 0 Å². The molecule has 0 bridgehead atoms. The molecule has 0 amide bonds. The van der Waals surface area contributed by atoms with Gasteiger partial charge in [-0.15, -0.1) is 0 Å². The highest BCUT2D eigenvalue weighted by Gasteiger charge is 2.32. The highest BCUT2D eigenvalue weighted by atomic mass is 32.2. The second-order valence-electron chi connectivity index (χ2n) is 7.04. The zero-order valence-corrected chi connectivity index (χ0v) is 15.5. The molecule has 0 N–H and O–H groups in total. The number of ether oxygens (including phenoxy) is 1. The summed E-state index contributed by atoms with van der Waals surface area (Å²) in [5.41, 5.74) is 0. The second-order valence-corrected chi connectivity index (χ2v) is 8.98. The lowest BCUT2D eigenvalue weighted by Crippen LogP contribution is -2.52. The van der Waals surface area contributed by atoms with Gasteiger partial charge in [-0.3, -0.25) is 4.90 Å². The van der Waals surface area contributed by atoms with E-state index < -0.39 is 10.0 Å². The minimum Gasteiger partial charge on any atom is -0.497 e. The third kappa shape index (κ3) is 3.76. The summed E-state index contributed by atoms with van der Waals surface area (Å²) < 4.78 is 32.3. The first-order valence-electron chi connectivity index (χ1n) is 8.89. The van der Waals surface area contributed by atoms with Crippen LogP contribution in [0, 0.1) is 5.92 Å². The Morgan fingerprint density at radius 2 is 1.71 bits per heavy atom. The molecule has 1 aliphatic heterocycles. The van der Waals surface area contributed by atoms with Crippen LogP contribution in [-0.2, 0) is 10.0 Å². The van der Waals surface area contributed by atoms with Crippen LogP contribution in [0.5, 0.6) is 5.75 Å². The van der Waals surface area contributed by atoms with Crippen LogP contribution in [-0.4, -0.2) is 57.0 Å². The van der Waals surface area contributed by atoms with E-state index in [1.807, 2.05) is 0 Å². The maximum absolute atomic E-state index is 12.8. The predicted molar refractivity (Wildman–Crippen MR) is 94.7 cm³/mol. The number of hydrogen-bond acceptors (Lipinski definition) is 4. The summed E-state index contributed by atoms with van der Waals surface area (Å²) in [6.45, 7) is 5.18. The summed E-state index contributed by atoms with van der Waals surface area (Å²) in [5, 5.41) is 0. The van der Waals surface area contributed by atoms with Crippen molar-refractivity contribution in [2.75, 3.05) is 33.3 Å². The Labute approximate surface area is 145 Å². The smallest absolute Gasteiger partial charge is 0.243 e. The van der Waals surface area contributed by atoms with Gasteiger partial charge in [0.2, 0.25) is 10.0 Å². The molecule has 6 heteroatoms. The summed E-state index contributed by atoms with van der Waals surface area (Å²) in [7, 11) is -1.82. The molecular formula is C18H28N2O3S. The molecule has 24 heavy (non-hydrogen) atoms. The maximum atomic E-state index is 12.8. The second kappa shape index (κ2) is 7.42. The van der Waals surface area contributed by atoms with E-state index in [-0.39, 0.29) is 0 Å². The molecule has 3 rings (SSSR count). The van der Waals surface area contributed by atoms with Crippen molar-refractivity contribution < 1.29 is 13.2 Å². The Kier molecular flexibility index (Phi) is 5.47. The van der Waals surface area contributed by atoms with Crippen molar-refractivity contribution in [3.8, 4) is 5.75 Å². The van der Waals surface area contributed by atoms with Crippen LogP contribution in [0.3, 0.4) is 0 Å². The van der Waals surface area contributed by atoms with Crippen LogP contribution in [0.15, 0.2) is 29.2 Å². The highest BCUT2D eigenvalue weighted by Crippen LogP contribution is 2.29. The van der Waals surface area contributed by atoms with Gasteiger partial charge in [-0.05, 0) is 43.0 Å². The molecule has 1 aliphatic carbocycles. The van der Waals surface area contributed by atoms with Crippen molar-refractivity contribution in [1.82, 2.24) is 9.21 Å². The third-order valence-electron chi connectivity index (χ3n) is 5.40. The van der Waals surface area contributed by atoms with Gasteiger partial charge >= 0.3 is 0 Å². The SMILES string of the molecule is COc1ccc(S(=O)(=O)N2CCN([C@@H]3CCC[C@H](C)C3)CC2)cc1. The molecule has 1 saturated heterocycles. The molecule has 0 unspecified atom stereocenters. The summed E-state index contributed by atoms with van der Waals surface area (Å²) in [6.07, 6.45) is 5.15.